The normalized spacial score (nSPS) is 14.3. The lowest BCUT2D eigenvalue weighted by atomic mass is 9.93. The van der Waals surface area contributed by atoms with E-state index in [1.54, 1.807) is 50.4 Å². The summed E-state index contributed by atoms with van der Waals surface area (Å²) in [7, 11) is 1.54. The van der Waals surface area contributed by atoms with E-state index < -0.39 is 22.5 Å². The summed E-state index contributed by atoms with van der Waals surface area (Å²) < 4.78 is 12.8. The summed E-state index contributed by atoms with van der Waals surface area (Å²) in [6.07, 6.45) is 1.59. The number of rotatable bonds is 9. The van der Waals surface area contributed by atoms with Crippen LogP contribution >= 0.6 is 23.1 Å². The Morgan fingerprint density at radius 2 is 1.79 bits per heavy atom. The number of carbonyl (C=O) groups excluding carboxylic acids is 1. The van der Waals surface area contributed by atoms with E-state index in [1.807, 2.05) is 56.3 Å². The van der Waals surface area contributed by atoms with Crippen LogP contribution < -0.4 is 19.6 Å². The maximum Gasteiger partial charge on any atom is 0.338 e. The van der Waals surface area contributed by atoms with Gasteiger partial charge in [0.25, 0.3) is 11.2 Å². The van der Waals surface area contributed by atoms with Crippen molar-refractivity contribution in [3.05, 3.63) is 142 Å². The molecule has 0 bridgehead atoms. The molecule has 0 saturated heterocycles. The van der Waals surface area contributed by atoms with Crippen LogP contribution in [0.2, 0.25) is 0 Å². The largest absolute Gasteiger partial charge is 0.497 e. The molecule has 6 rings (SSSR count). The number of thiazole rings is 1. The van der Waals surface area contributed by atoms with Gasteiger partial charge in [0.1, 0.15) is 5.75 Å². The zero-order valence-corrected chi connectivity index (χ0v) is 28.0. The van der Waals surface area contributed by atoms with Gasteiger partial charge in [-0.3, -0.25) is 19.5 Å². The molecule has 0 fully saturated rings. The summed E-state index contributed by atoms with van der Waals surface area (Å²) in [5, 5.41) is 12.6. The van der Waals surface area contributed by atoms with E-state index in [1.165, 1.54) is 10.6 Å². The minimum absolute atomic E-state index is 0.127. The number of nitro benzene ring substituents is 1. The van der Waals surface area contributed by atoms with Gasteiger partial charge in [0.15, 0.2) is 9.96 Å². The monoisotopic (exact) mass is 679 g/mol. The minimum atomic E-state index is -0.890. The molecule has 1 atom stereocenters. The molecule has 48 heavy (non-hydrogen) atoms. The van der Waals surface area contributed by atoms with Gasteiger partial charge >= 0.3 is 5.97 Å². The van der Waals surface area contributed by atoms with Crippen LogP contribution in [-0.4, -0.2) is 39.1 Å². The van der Waals surface area contributed by atoms with Gasteiger partial charge < -0.3 is 9.47 Å². The Hall–Kier alpha value is -5.40. The van der Waals surface area contributed by atoms with E-state index in [4.69, 9.17) is 14.5 Å². The van der Waals surface area contributed by atoms with E-state index in [9.17, 15) is 19.7 Å². The van der Waals surface area contributed by atoms with Gasteiger partial charge in [-0.25, -0.2) is 19.8 Å². The first-order chi connectivity index (χ1) is 23.2. The smallest absolute Gasteiger partial charge is 0.338 e. The number of carbonyl (C=O) groups is 1. The van der Waals surface area contributed by atoms with Crippen molar-refractivity contribution in [2.24, 2.45) is 4.99 Å². The number of nitrogens with zero attached hydrogens (tertiary/aromatic N) is 5. The molecule has 242 valence electrons. The Morgan fingerprint density at radius 1 is 1.04 bits per heavy atom. The van der Waals surface area contributed by atoms with Crippen molar-refractivity contribution in [2.45, 2.75) is 36.9 Å². The number of esters is 1. The third-order valence-electron chi connectivity index (χ3n) is 7.42. The second kappa shape index (κ2) is 13.8. The Bertz CT molecular complexity index is 2260. The highest BCUT2D eigenvalue weighted by Crippen LogP contribution is 2.37. The van der Waals surface area contributed by atoms with Gasteiger partial charge in [0.05, 0.1) is 45.4 Å². The summed E-state index contributed by atoms with van der Waals surface area (Å²) in [5.74, 6) is -0.0497. The molecule has 0 aliphatic carbocycles. The number of hydrogen-bond acceptors (Lipinski definition) is 11. The Balaban J connectivity index is 1.53. The van der Waals surface area contributed by atoms with Crippen LogP contribution in [0.3, 0.4) is 0 Å². The zero-order chi connectivity index (χ0) is 33.9. The molecule has 13 heteroatoms. The number of hydrogen-bond donors (Lipinski definition) is 0. The highest BCUT2D eigenvalue weighted by molar-refractivity contribution is 7.99. The number of aromatic nitrogens is 3. The number of benzene rings is 3. The zero-order valence-electron chi connectivity index (χ0n) is 26.4. The van der Waals surface area contributed by atoms with Crippen molar-refractivity contribution in [2.75, 3.05) is 13.7 Å². The first-order valence-electron chi connectivity index (χ1n) is 14.9. The summed E-state index contributed by atoms with van der Waals surface area (Å²) in [6, 6.07) is 22.1. The molecule has 0 unspecified atom stereocenters. The lowest BCUT2D eigenvalue weighted by molar-refractivity contribution is -0.387. The SMILES string of the molecule is CCOC(=O)C1=C(c2ccccc2)N=c2s/c(=C/c3ccc(Sc4nc(C)cc(C)n4)c([N+](=O)[O-])c3)c(=O)n2[C@H]1c1cccc(OC)c1. The van der Waals surface area contributed by atoms with Gasteiger partial charge in [0, 0.05) is 23.0 Å². The maximum absolute atomic E-state index is 14.2. The van der Waals surface area contributed by atoms with E-state index >= 15 is 0 Å². The van der Waals surface area contributed by atoms with Gasteiger partial charge in [-0.2, -0.15) is 0 Å². The van der Waals surface area contributed by atoms with Crippen LogP contribution in [0.5, 0.6) is 5.75 Å². The van der Waals surface area contributed by atoms with Crippen LogP contribution in [0.25, 0.3) is 11.8 Å². The summed E-state index contributed by atoms with van der Waals surface area (Å²) in [5.41, 5.74) is 3.31. The topological polar surface area (TPSA) is 139 Å². The Labute approximate surface area is 283 Å². The number of fused-ring (bicyclic) bond motifs is 1. The predicted octanol–water partition coefficient (Wildman–Crippen LogP) is 5.41. The fraction of sp³-hybridized carbons (Fsp3) is 0.171. The molecule has 3 aromatic carbocycles. The Kier molecular flexibility index (Phi) is 9.33. The van der Waals surface area contributed by atoms with Crippen molar-refractivity contribution in [1.82, 2.24) is 14.5 Å². The van der Waals surface area contributed by atoms with Gasteiger partial charge in [0.2, 0.25) is 0 Å². The first-order valence-corrected chi connectivity index (χ1v) is 16.5. The molecule has 0 saturated carbocycles. The highest BCUT2D eigenvalue weighted by atomic mass is 32.2. The van der Waals surface area contributed by atoms with Gasteiger partial charge in [-0.05, 0) is 74.0 Å². The van der Waals surface area contributed by atoms with E-state index in [2.05, 4.69) is 9.97 Å². The van der Waals surface area contributed by atoms with Crippen molar-refractivity contribution in [3.63, 3.8) is 0 Å². The van der Waals surface area contributed by atoms with Gasteiger partial charge in [-0.1, -0.05) is 59.9 Å². The van der Waals surface area contributed by atoms with Crippen molar-refractivity contribution in [3.8, 4) is 5.75 Å². The standard InChI is InChI=1S/C35H29N5O6S2/c1-5-46-33(42)29-30(23-10-7-6-8-11-23)38-35-39(31(29)24-12-9-13-25(19-24)45-4)32(41)28(48-35)18-22-14-15-27(26(17-22)40(43)44)47-34-36-20(2)16-21(3)37-34/h6-19,31H,5H2,1-4H3/b28-18+/t31-/m0/s1. The second-order valence-electron chi connectivity index (χ2n) is 10.7. The van der Waals surface area contributed by atoms with Crippen molar-refractivity contribution in [1.29, 1.82) is 0 Å². The number of ether oxygens (including phenoxy) is 2. The molecule has 0 amide bonds. The number of nitro groups is 1. The molecule has 3 heterocycles. The van der Waals surface area contributed by atoms with E-state index in [0.29, 0.717) is 43.0 Å². The maximum atomic E-state index is 14.2. The molecular weight excluding hydrogens is 651 g/mol. The fourth-order valence-corrected chi connectivity index (χ4v) is 7.36. The molecule has 0 spiro atoms. The summed E-state index contributed by atoms with van der Waals surface area (Å²) in [6.45, 7) is 5.52. The third-order valence-corrected chi connectivity index (χ3v) is 9.34. The van der Waals surface area contributed by atoms with E-state index in [0.717, 1.165) is 34.5 Å². The van der Waals surface area contributed by atoms with E-state index in [-0.39, 0.29) is 22.4 Å². The minimum Gasteiger partial charge on any atom is -0.497 e. The molecule has 1 aliphatic rings. The Morgan fingerprint density at radius 3 is 2.48 bits per heavy atom. The second-order valence-corrected chi connectivity index (χ2v) is 12.7. The predicted molar refractivity (Wildman–Crippen MR) is 183 cm³/mol. The van der Waals surface area contributed by atoms with Gasteiger partial charge in [-0.15, -0.1) is 0 Å². The van der Waals surface area contributed by atoms with Crippen molar-refractivity contribution >= 4 is 46.5 Å². The summed E-state index contributed by atoms with van der Waals surface area (Å²) in [4.78, 5) is 54.0. The molecule has 0 N–H and O–H groups in total. The molecule has 11 nitrogen and oxygen atoms in total. The number of methoxy groups -OCH3 is 1. The first kappa shape index (κ1) is 32.5. The highest BCUT2D eigenvalue weighted by Gasteiger charge is 2.35. The average Bonchev–Trinajstić information content (AvgIpc) is 3.38. The van der Waals surface area contributed by atoms with Crippen LogP contribution in [0.4, 0.5) is 5.69 Å². The van der Waals surface area contributed by atoms with Crippen molar-refractivity contribution < 1.29 is 19.2 Å². The molecule has 0 radical (unpaired) electrons. The van der Waals surface area contributed by atoms with Crippen LogP contribution in [-0.2, 0) is 9.53 Å². The van der Waals surface area contributed by atoms with Crippen LogP contribution in [0, 0.1) is 24.0 Å². The number of aryl methyl sites for hydroxylation is 2. The molecule has 5 aromatic rings. The molecule has 1 aliphatic heterocycles. The van der Waals surface area contributed by atoms with Crippen LogP contribution in [0.15, 0.2) is 104 Å². The quantitative estimate of drug-likeness (QED) is 0.0866. The fourth-order valence-electron chi connectivity index (χ4n) is 5.41. The molecular formula is C35H29N5O6S2. The summed E-state index contributed by atoms with van der Waals surface area (Å²) >= 11 is 2.23. The molecule has 2 aromatic heterocycles. The third kappa shape index (κ3) is 6.55. The lowest BCUT2D eigenvalue weighted by Crippen LogP contribution is -2.40. The van der Waals surface area contributed by atoms with Crippen LogP contribution in [0.1, 0.15) is 41.0 Å². The lowest BCUT2D eigenvalue weighted by Gasteiger charge is -2.26. The average molecular weight is 680 g/mol.